The second-order valence-electron chi connectivity index (χ2n) is 7.02. The summed E-state index contributed by atoms with van der Waals surface area (Å²) < 4.78 is 13.5. The molecule has 0 aromatic heterocycles. The van der Waals surface area contributed by atoms with E-state index in [2.05, 4.69) is 15.9 Å². The van der Waals surface area contributed by atoms with Crippen molar-refractivity contribution in [3.05, 3.63) is 53.3 Å². The zero-order valence-electron chi connectivity index (χ0n) is 13.5. The minimum Gasteiger partial charge on any atom is -0.367 e. The Balaban J connectivity index is 1.56. The molecule has 2 bridgehead atoms. The van der Waals surface area contributed by atoms with Crippen molar-refractivity contribution in [1.29, 1.82) is 0 Å². The van der Waals surface area contributed by atoms with Crippen LogP contribution in [0.1, 0.15) is 28.8 Å². The first-order chi connectivity index (χ1) is 11.7. The number of hydrogen-bond acceptors (Lipinski definition) is 3. The minimum absolute atomic E-state index is 0.0516. The van der Waals surface area contributed by atoms with Gasteiger partial charge in [-0.15, -0.1) is 0 Å². The Kier molecular flexibility index (Phi) is 3.04. The molecular formula is C20H19FN2O. The molecule has 0 amide bonds. The van der Waals surface area contributed by atoms with Gasteiger partial charge in [0.1, 0.15) is 5.82 Å². The molecule has 1 aliphatic carbocycles. The van der Waals surface area contributed by atoms with Gasteiger partial charge in [-0.1, -0.05) is 12.1 Å². The molecule has 0 atom stereocenters. The maximum atomic E-state index is 13.5. The van der Waals surface area contributed by atoms with Crippen LogP contribution in [-0.4, -0.2) is 42.9 Å². The Morgan fingerprint density at radius 2 is 1.54 bits per heavy atom. The Morgan fingerprint density at radius 3 is 2.33 bits per heavy atom. The standard InChI is InChI=1S/C20H19FN2O/c21-13-1-3-16-17-4-2-15(12-19(17)20(24)18(16)11-13)23-10-9-22-7-5-14(23)6-8-22/h1-4,11-12,14H,5-10H2. The molecule has 4 heteroatoms. The summed E-state index contributed by atoms with van der Waals surface area (Å²) in [6.45, 7) is 4.46. The number of ketones is 1. The van der Waals surface area contributed by atoms with Crippen LogP contribution in [0.5, 0.6) is 0 Å². The summed E-state index contributed by atoms with van der Waals surface area (Å²) in [7, 11) is 0. The Hall–Kier alpha value is -2.20. The van der Waals surface area contributed by atoms with Crippen molar-refractivity contribution in [3.63, 3.8) is 0 Å². The van der Waals surface area contributed by atoms with Crippen molar-refractivity contribution in [3.8, 4) is 11.1 Å². The van der Waals surface area contributed by atoms with Crippen molar-refractivity contribution in [2.45, 2.75) is 18.9 Å². The number of piperidine rings is 1. The zero-order valence-corrected chi connectivity index (χ0v) is 13.5. The van der Waals surface area contributed by atoms with Gasteiger partial charge in [0.25, 0.3) is 0 Å². The fourth-order valence-corrected chi connectivity index (χ4v) is 4.44. The number of rotatable bonds is 1. The molecule has 2 aromatic carbocycles. The summed E-state index contributed by atoms with van der Waals surface area (Å²) in [5.41, 5.74) is 4.12. The molecular weight excluding hydrogens is 303 g/mol. The number of hydrogen-bond donors (Lipinski definition) is 0. The van der Waals surface area contributed by atoms with Crippen LogP contribution in [0.2, 0.25) is 0 Å². The molecule has 0 saturated carbocycles. The van der Waals surface area contributed by atoms with Crippen LogP contribution in [0.15, 0.2) is 36.4 Å². The van der Waals surface area contributed by atoms with Gasteiger partial charge in [0.2, 0.25) is 0 Å². The first kappa shape index (κ1) is 14.2. The molecule has 0 radical (unpaired) electrons. The van der Waals surface area contributed by atoms with Crippen LogP contribution in [0, 0.1) is 5.82 Å². The van der Waals surface area contributed by atoms with Crippen molar-refractivity contribution in [2.24, 2.45) is 0 Å². The number of benzene rings is 2. The van der Waals surface area contributed by atoms with Crippen LogP contribution in [-0.2, 0) is 0 Å². The molecule has 6 rings (SSSR count). The third kappa shape index (κ3) is 2.02. The summed E-state index contributed by atoms with van der Waals surface area (Å²) in [6.07, 6.45) is 2.38. The van der Waals surface area contributed by atoms with Gasteiger partial charge in [-0.05, 0) is 48.2 Å². The van der Waals surface area contributed by atoms with E-state index in [0.29, 0.717) is 17.2 Å². The number of fused-ring (bicyclic) bond motifs is 7. The SMILES string of the molecule is O=C1c2cc(F)ccc2-c2ccc(N3CCN4CCC3CC4)cc21. The lowest BCUT2D eigenvalue weighted by atomic mass is 10.0. The molecule has 2 aromatic rings. The summed E-state index contributed by atoms with van der Waals surface area (Å²) in [6, 6.07) is 11.2. The smallest absolute Gasteiger partial charge is 0.194 e. The van der Waals surface area contributed by atoms with Crippen molar-refractivity contribution < 1.29 is 9.18 Å². The molecule has 122 valence electrons. The van der Waals surface area contributed by atoms with E-state index in [1.165, 1.54) is 38.1 Å². The summed E-state index contributed by atoms with van der Waals surface area (Å²) in [5, 5.41) is 0. The highest BCUT2D eigenvalue weighted by molar-refractivity contribution is 6.22. The first-order valence-electron chi connectivity index (χ1n) is 8.68. The molecule has 3 fully saturated rings. The van der Waals surface area contributed by atoms with E-state index in [1.807, 2.05) is 12.1 Å². The van der Waals surface area contributed by atoms with Crippen LogP contribution >= 0.6 is 0 Å². The highest BCUT2D eigenvalue weighted by Gasteiger charge is 2.32. The minimum atomic E-state index is -0.353. The Labute approximate surface area is 140 Å². The third-order valence-electron chi connectivity index (χ3n) is 5.75. The average Bonchev–Trinajstić information content (AvgIpc) is 2.80. The molecule has 4 aliphatic rings. The Morgan fingerprint density at radius 1 is 0.833 bits per heavy atom. The van der Waals surface area contributed by atoms with Crippen LogP contribution in [0.3, 0.4) is 0 Å². The molecule has 24 heavy (non-hydrogen) atoms. The van der Waals surface area contributed by atoms with Gasteiger partial charge >= 0.3 is 0 Å². The van der Waals surface area contributed by atoms with E-state index < -0.39 is 0 Å². The van der Waals surface area contributed by atoms with Gasteiger partial charge in [0.05, 0.1) is 0 Å². The zero-order chi connectivity index (χ0) is 16.3. The fourth-order valence-electron chi connectivity index (χ4n) is 4.44. The highest BCUT2D eigenvalue weighted by Crippen LogP contribution is 2.39. The van der Waals surface area contributed by atoms with Gasteiger partial charge in [0, 0.05) is 49.0 Å². The second-order valence-corrected chi connectivity index (χ2v) is 7.02. The fraction of sp³-hybridized carbons (Fsp3) is 0.350. The summed E-state index contributed by atoms with van der Waals surface area (Å²) >= 11 is 0. The van der Waals surface area contributed by atoms with E-state index in [4.69, 9.17) is 0 Å². The predicted octanol–water partition coefficient (Wildman–Crippen LogP) is 3.32. The molecule has 0 spiro atoms. The second kappa shape index (κ2) is 5.15. The number of carbonyl (C=O) groups is 1. The van der Waals surface area contributed by atoms with Crippen molar-refractivity contribution >= 4 is 11.5 Å². The van der Waals surface area contributed by atoms with Gasteiger partial charge in [-0.2, -0.15) is 0 Å². The molecule has 3 saturated heterocycles. The normalized spacial score (nSPS) is 24.7. The van der Waals surface area contributed by atoms with E-state index >= 15 is 0 Å². The number of nitrogens with zero attached hydrogens (tertiary/aromatic N) is 2. The van der Waals surface area contributed by atoms with Crippen molar-refractivity contribution in [1.82, 2.24) is 4.90 Å². The average molecular weight is 322 g/mol. The maximum Gasteiger partial charge on any atom is 0.194 e. The number of halogens is 1. The monoisotopic (exact) mass is 322 g/mol. The topological polar surface area (TPSA) is 23.6 Å². The Bertz CT molecular complexity index is 840. The maximum absolute atomic E-state index is 13.5. The summed E-state index contributed by atoms with van der Waals surface area (Å²) in [4.78, 5) is 17.7. The van der Waals surface area contributed by atoms with Crippen LogP contribution < -0.4 is 4.90 Å². The largest absolute Gasteiger partial charge is 0.367 e. The molecule has 0 unspecified atom stereocenters. The van der Waals surface area contributed by atoms with Gasteiger partial charge in [-0.25, -0.2) is 4.39 Å². The van der Waals surface area contributed by atoms with Gasteiger partial charge in [0.15, 0.2) is 5.78 Å². The molecule has 3 heterocycles. The van der Waals surface area contributed by atoms with Gasteiger partial charge < -0.3 is 9.80 Å². The highest BCUT2D eigenvalue weighted by atomic mass is 19.1. The van der Waals surface area contributed by atoms with E-state index in [0.717, 1.165) is 29.9 Å². The summed E-state index contributed by atoms with van der Waals surface area (Å²) in [5.74, 6) is -0.405. The predicted molar refractivity (Wildman–Crippen MR) is 92.1 cm³/mol. The van der Waals surface area contributed by atoms with Crippen LogP contribution in [0.25, 0.3) is 11.1 Å². The molecule has 3 nitrogen and oxygen atoms in total. The van der Waals surface area contributed by atoms with Crippen molar-refractivity contribution in [2.75, 3.05) is 31.1 Å². The van der Waals surface area contributed by atoms with E-state index in [-0.39, 0.29) is 11.6 Å². The van der Waals surface area contributed by atoms with E-state index in [9.17, 15) is 9.18 Å². The van der Waals surface area contributed by atoms with Crippen LogP contribution in [0.4, 0.5) is 10.1 Å². The lowest BCUT2D eigenvalue weighted by Crippen LogP contribution is -2.37. The van der Waals surface area contributed by atoms with E-state index in [1.54, 1.807) is 6.07 Å². The quantitative estimate of drug-likeness (QED) is 0.687. The lowest BCUT2D eigenvalue weighted by Gasteiger charge is -2.33. The number of anilines is 1. The van der Waals surface area contributed by atoms with Gasteiger partial charge in [-0.3, -0.25) is 4.79 Å². The molecule has 0 N–H and O–H groups in total. The lowest BCUT2D eigenvalue weighted by molar-refractivity contribution is 0.104. The molecule has 3 aliphatic heterocycles. The first-order valence-corrected chi connectivity index (χ1v) is 8.68. The number of carbonyl (C=O) groups excluding carboxylic acids is 1. The third-order valence-corrected chi connectivity index (χ3v) is 5.75.